The van der Waals surface area contributed by atoms with Crippen molar-refractivity contribution >= 4 is 0 Å². The van der Waals surface area contributed by atoms with Gasteiger partial charge in [-0.05, 0) is 41.3 Å². The molecule has 0 heterocycles. The standard InChI is InChI=1S/C14H14FN/c1-10-12(9-16)3-2-4-14(10)11-5-7-13(15)8-6-11/h2-8H,9,16H2,1H3. The lowest BCUT2D eigenvalue weighted by Gasteiger charge is -2.10. The smallest absolute Gasteiger partial charge is 0.123 e. The van der Waals surface area contributed by atoms with Crippen molar-refractivity contribution in [2.75, 3.05) is 0 Å². The third kappa shape index (κ3) is 1.97. The van der Waals surface area contributed by atoms with Gasteiger partial charge < -0.3 is 5.73 Å². The maximum absolute atomic E-state index is 12.8. The molecule has 0 atom stereocenters. The van der Waals surface area contributed by atoms with Gasteiger partial charge in [0, 0.05) is 6.54 Å². The van der Waals surface area contributed by atoms with E-state index in [1.165, 1.54) is 12.1 Å². The third-order valence-corrected chi connectivity index (χ3v) is 2.82. The first-order valence-electron chi connectivity index (χ1n) is 5.27. The first-order chi connectivity index (χ1) is 7.72. The largest absolute Gasteiger partial charge is 0.326 e. The molecular weight excluding hydrogens is 201 g/mol. The Labute approximate surface area is 94.7 Å². The van der Waals surface area contributed by atoms with E-state index in [0.717, 1.165) is 22.3 Å². The lowest BCUT2D eigenvalue weighted by Crippen LogP contribution is -1.99. The molecule has 0 spiro atoms. The summed E-state index contributed by atoms with van der Waals surface area (Å²) in [4.78, 5) is 0. The molecule has 0 saturated heterocycles. The van der Waals surface area contributed by atoms with Crippen LogP contribution < -0.4 is 5.73 Å². The van der Waals surface area contributed by atoms with Gasteiger partial charge in [-0.1, -0.05) is 30.3 Å². The van der Waals surface area contributed by atoms with E-state index >= 15 is 0 Å². The summed E-state index contributed by atoms with van der Waals surface area (Å²) in [7, 11) is 0. The van der Waals surface area contributed by atoms with Crippen LogP contribution in [0.5, 0.6) is 0 Å². The van der Waals surface area contributed by atoms with Gasteiger partial charge in [0.25, 0.3) is 0 Å². The van der Waals surface area contributed by atoms with Crippen LogP contribution in [0.1, 0.15) is 11.1 Å². The predicted octanol–water partition coefficient (Wildman–Crippen LogP) is 3.26. The molecule has 0 radical (unpaired) electrons. The van der Waals surface area contributed by atoms with Gasteiger partial charge in [0.1, 0.15) is 5.82 Å². The summed E-state index contributed by atoms with van der Waals surface area (Å²) in [6.45, 7) is 2.57. The Morgan fingerprint density at radius 3 is 2.38 bits per heavy atom. The number of benzene rings is 2. The molecule has 0 fully saturated rings. The second-order valence-electron chi connectivity index (χ2n) is 3.80. The molecule has 2 rings (SSSR count). The van der Waals surface area contributed by atoms with E-state index < -0.39 is 0 Å². The molecular formula is C14H14FN. The van der Waals surface area contributed by atoms with Crippen LogP contribution in [0.3, 0.4) is 0 Å². The quantitative estimate of drug-likeness (QED) is 0.817. The highest BCUT2D eigenvalue weighted by Gasteiger charge is 2.04. The number of rotatable bonds is 2. The molecule has 0 aromatic heterocycles. The fourth-order valence-electron chi connectivity index (χ4n) is 1.85. The van der Waals surface area contributed by atoms with E-state index in [1.807, 2.05) is 25.1 Å². The molecule has 16 heavy (non-hydrogen) atoms. The van der Waals surface area contributed by atoms with E-state index in [9.17, 15) is 4.39 Å². The number of nitrogens with two attached hydrogens (primary N) is 1. The Kier molecular flexibility index (Phi) is 3.02. The van der Waals surface area contributed by atoms with Crippen molar-refractivity contribution in [3.63, 3.8) is 0 Å². The Hall–Kier alpha value is -1.67. The van der Waals surface area contributed by atoms with Gasteiger partial charge in [-0.25, -0.2) is 4.39 Å². The highest BCUT2D eigenvalue weighted by Crippen LogP contribution is 2.25. The fourth-order valence-corrected chi connectivity index (χ4v) is 1.85. The van der Waals surface area contributed by atoms with Gasteiger partial charge in [0.15, 0.2) is 0 Å². The fraction of sp³-hybridized carbons (Fsp3) is 0.143. The summed E-state index contributed by atoms with van der Waals surface area (Å²) in [6.07, 6.45) is 0. The first-order valence-corrected chi connectivity index (χ1v) is 5.27. The van der Waals surface area contributed by atoms with Gasteiger partial charge >= 0.3 is 0 Å². The molecule has 1 nitrogen and oxygen atoms in total. The van der Waals surface area contributed by atoms with Crippen molar-refractivity contribution in [2.24, 2.45) is 5.73 Å². The molecule has 0 aliphatic carbocycles. The van der Waals surface area contributed by atoms with Crippen LogP contribution in [0.2, 0.25) is 0 Å². The van der Waals surface area contributed by atoms with Crippen LogP contribution in [0, 0.1) is 12.7 Å². The summed E-state index contributed by atoms with van der Waals surface area (Å²) < 4.78 is 12.8. The van der Waals surface area contributed by atoms with Gasteiger partial charge in [0.2, 0.25) is 0 Å². The first kappa shape index (κ1) is 10.8. The summed E-state index contributed by atoms with van der Waals surface area (Å²) in [5, 5.41) is 0. The average Bonchev–Trinajstić information content (AvgIpc) is 2.31. The van der Waals surface area contributed by atoms with Crippen LogP contribution in [0.25, 0.3) is 11.1 Å². The topological polar surface area (TPSA) is 26.0 Å². The average molecular weight is 215 g/mol. The minimum atomic E-state index is -0.212. The number of hydrogen-bond acceptors (Lipinski definition) is 1. The molecule has 2 aromatic rings. The summed E-state index contributed by atoms with van der Waals surface area (Å²) >= 11 is 0. The molecule has 0 saturated carbocycles. The van der Waals surface area contributed by atoms with E-state index in [0.29, 0.717) is 6.54 Å². The number of halogens is 1. The Morgan fingerprint density at radius 1 is 1.06 bits per heavy atom. The lowest BCUT2D eigenvalue weighted by molar-refractivity contribution is 0.628. The maximum Gasteiger partial charge on any atom is 0.123 e. The van der Waals surface area contributed by atoms with Crippen LogP contribution in [-0.2, 0) is 6.54 Å². The van der Waals surface area contributed by atoms with Gasteiger partial charge in [-0.2, -0.15) is 0 Å². The zero-order valence-corrected chi connectivity index (χ0v) is 9.20. The molecule has 0 bridgehead atoms. The molecule has 82 valence electrons. The zero-order chi connectivity index (χ0) is 11.5. The van der Waals surface area contributed by atoms with Crippen LogP contribution in [0.15, 0.2) is 42.5 Å². The van der Waals surface area contributed by atoms with Crippen molar-refractivity contribution < 1.29 is 4.39 Å². The van der Waals surface area contributed by atoms with Crippen molar-refractivity contribution in [1.82, 2.24) is 0 Å². The summed E-state index contributed by atoms with van der Waals surface area (Å²) in [6, 6.07) is 12.6. The van der Waals surface area contributed by atoms with E-state index in [-0.39, 0.29) is 5.82 Å². The van der Waals surface area contributed by atoms with Gasteiger partial charge in [0.05, 0.1) is 0 Å². The SMILES string of the molecule is Cc1c(CN)cccc1-c1ccc(F)cc1. The number of hydrogen-bond donors (Lipinski definition) is 1. The highest BCUT2D eigenvalue weighted by molar-refractivity contribution is 5.68. The Bertz CT molecular complexity index is 489. The molecule has 0 aliphatic heterocycles. The minimum absolute atomic E-state index is 0.212. The normalized spacial score (nSPS) is 10.4. The molecule has 0 unspecified atom stereocenters. The monoisotopic (exact) mass is 215 g/mol. The van der Waals surface area contributed by atoms with Crippen molar-refractivity contribution in [3.8, 4) is 11.1 Å². The zero-order valence-electron chi connectivity index (χ0n) is 9.20. The molecule has 2 N–H and O–H groups in total. The van der Waals surface area contributed by atoms with Crippen molar-refractivity contribution in [1.29, 1.82) is 0 Å². The van der Waals surface area contributed by atoms with Crippen molar-refractivity contribution in [3.05, 3.63) is 59.4 Å². The second-order valence-corrected chi connectivity index (χ2v) is 3.80. The summed E-state index contributed by atoms with van der Waals surface area (Å²) in [5.74, 6) is -0.212. The van der Waals surface area contributed by atoms with Gasteiger partial charge in [-0.15, -0.1) is 0 Å². The maximum atomic E-state index is 12.8. The van der Waals surface area contributed by atoms with Gasteiger partial charge in [-0.3, -0.25) is 0 Å². The summed E-state index contributed by atoms with van der Waals surface area (Å²) in [5.41, 5.74) is 10.1. The van der Waals surface area contributed by atoms with Crippen molar-refractivity contribution in [2.45, 2.75) is 13.5 Å². The lowest BCUT2D eigenvalue weighted by atomic mass is 9.96. The predicted molar refractivity (Wildman–Crippen MR) is 64.5 cm³/mol. The molecule has 0 aliphatic rings. The molecule has 0 amide bonds. The third-order valence-electron chi connectivity index (χ3n) is 2.82. The van der Waals surface area contributed by atoms with Crippen LogP contribution >= 0.6 is 0 Å². The second kappa shape index (κ2) is 4.45. The minimum Gasteiger partial charge on any atom is -0.326 e. The van der Waals surface area contributed by atoms with Crippen LogP contribution in [0.4, 0.5) is 4.39 Å². The Balaban J connectivity index is 2.51. The van der Waals surface area contributed by atoms with E-state index in [2.05, 4.69) is 0 Å². The molecule has 2 heteroatoms. The van der Waals surface area contributed by atoms with Crippen LogP contribution in [-0.4, -0.2) is 0 Å². The van der Waals surface area contributed by atoms with E-state index in [1.54, 1.807) is 12.1 Å². The molecule has 2 aromatic carbocycles. The Morgan fingerprint density at radius 2 is 1.75 bits per heavy atom. The van der Waals surface area contributed by atoms with E-state index in [4.69, 9.17) is 5.73 Å². The highest BCUT2D eigenvalue weighted by atomic mass is 19.1.